The molecule has 0 amide bonds. The Morgan fingerprint density at radius 1 is 1.29 bits per heavy atom. The molecule has 4 heteroatoms. The molecule has 0 bridgehead atoms. The van der Waals surface area contributed by atoms with Gasteiger partial charge in [0.1, 0.15) is 0 Å². The van der Waals surface area contributed by atoms with E-state index in [1.54, 1.807) is 6.92 Å². The number of hydrogen-bond acceptors (Lipinski definition) is 4. The summed E-state index contributed by atoms with van der Waals surface area (Å²) in [5.74, 6) is 0. The summed E-state index contributed by atoms with van der Waals surface area (Å²) in [6.45, 7) is 1.75. The van der Waals surface area contributed by atoms with Gasteiger partial charge in [0, 0.05) is 0 Å². The molecule has 14 heavy (non-hydrogen) atoms. The third-order valence-electron chi connectivity index (χ3n) is 1.62. The van der Waals surface area contributed by atoms with E-state index in [1.165, 1.54) is 7.11 Å². The first-order chi connectivity index (χ1) is 6.74. The van der Waals surface area contributed by atoms with Gasteiger partial charge in [0.15, 0.2) is 0 Å². The summed E-state index contributed by atoms with van der Waals surface area (Å²) in [4.78, 5) is 15.0. The first kappa shape index (κ1) is 10.2. The fourth-order valence-electron chi connectivity index (χ4n) is 0.875. The van der Waals surface area contributed by atoms with Crippen LogP contribution in [0.2, 0.25) is 0 Å². The summed E-state index contributed by atoms with van der Waals surface area (Å²) in [5.41, 5.74) is 1.52. The lowest BCUT2D eigenvalue weighted by molar-refractivity contribution is 0.0753. The molecule has 0 aliphatic heterocycles. The summed E-state index contributed by atoms with van der Waals surface area (Å²) in [6.07, 6.45) is -0.819. The second-order valence-electron chi connectivity index (χ2n) is 2.59. The van der Waals surface area contributed by atoms with Crippen LogP contribution in [0.1, 0.15) is 12.5 Å². The molecule has 0 atom stereocenters. The molecule has 0 fully saturated rings. The summed E-state index contributed by atoms with van der Waals surface area (Å²) >= 11 is 0. The lowest BCUT2D eigenvalue weighted by Crippen LogP contribution is -2.02. The minimum absolute atomic E-state index is 0.621. The molecule has 0 heterocycles. The van der Waals surface area contributed by atoms with Crippen molar-refractivity contribution >= 4 is 11.9 Å². The first-order valence-electron chi connectivity index (χ1n) is 4.09. The SMILES string of the molecule is COC(=O)O/N=C(\C)c1ccccc1. The van der Waals surface area contributed by atoms with E-state index in [9.17, 15) is 4.79 Å². The van der Waals surface area contributed by atoms with Crippen molar-refractivity contribution in [2.75, 3.05) is 7.11 Å². The minimum atomic E-state index is -0.819. The smallest absolute Gasteiger partial charge is 0.436 e. The van der Waals surface area contributed by atoms with Crippen molar-refractivity contribution < 1.29 is 14.4 Å². The Kier molecular flexibility index (Phi) is 3.67. The number of ether oxygens (including phenoxy) is 1. The number of hydrogen-bond donors (Lipinski definition) is 0. The lowest BCUT2D eigenvalue weighted by atomic mass is 10.1. The second kappa shape index (κ2) is 5.01. The Morgan fingerprint density at radius 3 is 2.50 bits per heavy atom. The molecule has 74 valence electrons. The van der Waals surface area contributed by atoms with Crippen LogP contribution in [0.25, 0.3) is 0 Å². The van der Waals surface area contributed by atoms with E-state index in [1.807, 2.05) is 30.3 Å². The molecular weight excluding hydrogens is 182 g/mol. The first-order valence-corrected chi connectivity index (χ1v) is 4.09. The molecule has 0 aliphatic rings. The zero-order chi connectivity index (χ0) is 10.4. The van der Waals surface area contributed by atoms with Gasteiger partial charge in [-0.1, -0.05) is 35.5 Å². The van der Waals surface area contributed by atoms with Crippen LogP contribution in [-0.2, 0) is 9.57 Å². The fourth-order valence-corrected chi connectivity index (χ4v) is 0.875. The fraction of sp³-hybridized carbons (Fsp3) is 0.200. The molecule has 1 aromatic carbocycles. The summed E-state index contributed by atoms with van der Waals surface area (Å²) < 4.78 is 4.27. The number of carbonyl (C=O) groups is 1. The van der Waals surface area contributed by atoms with Crippen molar-refractivity contribution in [3.8, 4) is 0 Å². The van der Waals surface area contributed by atoms with Gasteiger partial charge in [0.2, 0.25) is 0 Å². The Balaban J connectivity index is 2.66. The molecule has 1 rings (SSSR count). The highest BCUT2D eigenvalue weighted by Gasteiger charge is 2.00. The molecule has 0 spiro atoms. The van der Waals surface area contributed by atoms with Crippen LogP contribution in [0.5, 0.6) is 0 Å². The highest BCUT2D eigenvalue weighted by Crippen LogP contribution is 2.01. The van der Waals surface area contributed by atoms with Gasteiger partial charge in [-0.2, -0.15) is 0 Å². The average Bonchev–Trinajstić information content (AvgIpc) is 2.26. The van der Waals surface area contributed by atoms with Crippen LogP contribution in [0.4, 0.5) is 4.79 Å². The number of methoxy groups -OCH3 is 1. The average molecular weight is 193 g/mol. The minimum Gasteiger partial charge on any atom is -0.436 e. The molecule has 0 aromatic heterocycles. The molecule has 0 unspecified atom stereocenters. The van der Waals surface area contributed by atoms with E-state index in [0.29, 0.717) is 5.71 Å². The number of carbonyl (C=O) groups excluding carboxylic acids is 1. The molecular formula is C10H11NO3. The maximum Gasteiger partial charge on any atom is 0.534 e. The Morgan fingerprint density at radius 2 is 1.93 bits per heavy atom. The van der Waals surface area contributed by atoms with E-state index in [2.05, 4.69) is 14.7 Å². The summed E-state index contributed by atoms with van der Waals surface area (Å²) in [6, 6.07) is 9.41. The van der Waals surface area contributed by atoms with Gasteiger partial charge in [-0.3, -0.25) is 4.84 Å². The molecule has 0 saturated heterocycles. The van der Waals surface area contributed by atoms with Crippen molar-refractivity contribution in [3.05, 3.63) is 35.9 Å². The normalized spacial score (nSPS) is 10.9. The second-order valence-corrected chi connectivity index (χ2v) is 2.59. The van der Waals surface area contributed by atoms with Crippen molar-refractivity contribution in [1.29, 1.82) is 0 Å². The lowest BCUT2D eigenvalue weighted by Gasteiger charge is -1.99. The van der Waals surface area contributed by atoms with Gasteiger partial charge < -0.3 is 4.74 Å². The van der Waals surface area contributed by atoms with E-state index >= 15 is 0 Å². The van der Waals surface area contributed by atoms with Crippen LogP contribution in [0, 0.1) is 0 Å². The standard InChI is InChI=1S/C10H11NO3/c1-8(11-14-10(12)13-2)9-6-4-3-5-7-9/h3-7H,1-2H3/b11-8+. The zero-order valence-electron chi connectivity index (χ0n) is 8.06. The van der Waals surface area contributed by atoms with Crippen molar-refractivity contribution in [2.24, 2.45) is 5.16 Å². The molecule has 4 nitrogen and oxygen atoms in total. The maximum atomic E-state index is 10.6. The Hall–Kier alpha value is -1.84. The van der Waals surface area contributed by atoms with E-state index in [4.69, 9.17) is 0 Å². The van der Waals surface area contributed by atoms with Crippen LogP contribution >= 0.6 is 0 Å². The van der Waals surface area contributed by atoms with Gasteiger partial charge in [-0.05, 0) is 12.5 Å². The maximum absolute atomic E-state index is 10.6. The van der Waals surface area contributed by atoms with Gasteiger partial charge in [0.25, 0.3) is 0 Å². The number of oxime groups is 1. The highest BCUT2D eigenvalue weighted by molar-refractivity contribution is 5.98. The Bertz CT molecular complexity index is 332. The monoisotopic (exact) mass is 193 g/mol. The Labute approximate surface area is 82.1 Å². The van der Waals surface area contributed by atoms with Gasteiger partial charge in [-0.25, -0.2) is 4.79 Å². The van der Waals surface area contributed by atoms with Gasteiger partial charge in [-0.15, -0.1) is 0 Å². The third-order valence-corrected chi connectivity index (χ3v) is 1.62. The van der Waals surface area contributed by atoms with Crippen molar-refractivity contribution in [2.45, 2.75) is 6.92 Å². The molecule has 0 radical (unpaired) electrons. The van der Waals surface area contributed by atoms with Crippen LogP contribution in [-0.4, -0.2) is 19.0 Å². The zero-order valence-corrected chi connectivity index (χ0v) is 8.06. The van der Waals surface area contributed by atoms with Gasteiger partial charge in [0.05, 0.1) is 12.8 Å². The predicted octanol–water partition coefficient (Wildman–Crippen LogP) is 2.19. The molecule has 1 aromatic rings. The number of benzene rings is 1. The van der Waals surface area contributed by atoms with Crippen LogP contribution in [0.15, 0.2) is 35.5 Å². The molecule has 0 N–H and O–H groups in total. The topological polar surface area (TPSA) is 47.9 Å². The summed E-state index contributed by atoms with van der Waals surface area (Å²) in [7, 11) is 1.23. The highest BCUT2D eigenvalue weighted by atomic mass is 16.8. The van der Waals surface area contributed by atoms with Crippen LogP contribution < -0.4 is 0 Å². The number of nitrogens with zero attached hydrogens (tertiary/aromatic N) is 1. The predicted molar refractivity (Wildman–Crippen MR) is 52.1 cm³/mol. The number of rotatable bonds is 2. The van der Waals surface area contributed by atoms with Crippen molar-refractivity contribution in [3.63, 3.8) is 0 Å². The largest absolute Gasteiger partial charge is 0.534 e. The van der Waals surface area contributed by atoms with Gasteiger partial charge >= 0.3 is 6.16 Å². The van der Waals surface area contributed by atoms with E-state index in [-0.39, 0.29) is 0 Å². The van der Waals surface area contributed by atoms with Crippen molar-refractivity contribution in [1.82, 2.24) is 0 Å². The molecule has 0 aliphatic carbocycles. The van der Waals surface area contributed by atoms with E-state index < -0.39 is 6.16 Å². The van der Waals surface area contributed by atoms with E-state index in [0.717, 1.165) is 5.56 Å². The third kappa shape index (κ3) is 2.90. The quantitative estimate of drug-likeness (QED) is 0.313. The summed E-state index contributed by atoms with van der Waals surface area (Å²) in [5, 5.41) is 3.61. The van der Waals surface area contributed by atoms with Crippen LogP contribution in [0.3, 0.4) is 0 Å². The molecule has 0 saturated carbocycles.